The summed E-state index contributed by atoms with van der Waals surface area (Å²) in [5.74, 6) is -3.01. The largest absolute Gasteiger partial charge is 0.480 e. The molecule has 2 N–H and O–H groups in total. The van der Waals surface area contributed by atoms with Crippen molar-refractivity contribution in [2.24, 2.45) is 5.41 Å². The minimum atomic E-state index is -4.81. The number of halogens is 3. The number of alkyl halides is 3. The maximum absolute atomic E-state index is 13.0. The molecule has 0 spiro atoms. The van der Waals surface area contributed by atoms with E-state index in [1.165, 1.54) is 0 Å². The van der Waals surface area contributed by atoms with Crippen LogP contribution in [-0.2, 0) is 14.3 Å². The number of nitrogens with zero attached hydrogens (tertiary/aromatic N) is 1. The number of carbonyl (C=O) groups excluding carboxylic acids is 2. The first-order valence-electron chi connectivity index (χ1n) is 11.0. The van der Waals surface area contributed by atoms with Crippen LogP contribution < -0.4 is 5.32 Å². The molecule has 2 amide bonds. The zero-order valence-electron chi connectivity index (χ0n) is 19.6. The second-order valence-corrected chi connectivity index (χ2v) is 9.47. The molecule has 1 aliphatic carbocycles. The monoisotopic (exact) mass is 492 g/mol. The van der Waals surface area contributed by atoms with Gasteiger partial charge in [0.1, 0.15) is 25.7 Å². The molecule has 0 radical (unpaired) electrons. The van der Waals surface area contributed by atoms with Gasteiger partial charge in [-0.3, -0.25) is 9.59 Å². The van der Waals surface area contributed by atoms with Crippen LogP contribution in [-0.4, -0.2) is 59.9 Å². The van der Waals surface area contributed by atoms with Crippen LogP contribution in [0.1, 0.15) is 37.8 Å². The van der Waals surface area contributed by atoms with E-state index >= 15 is 0 Å². The second-order valence-electron chi connectivity index (χ2n) is 9.47. The molecule has 3 rings (SSSR count). The van der Waals surface area contributed by atoms with Crippen molar-refractivity contribution in [3.63, 3.8) is 0 Å². The molecule has 0 aromatic heterocycles. The van der Waals surface area contributed by atoms with Crippen LogP contribution in [0, 0.1) is 5.41 Å². The van der Waals surface area contributed by atoms with Crippen LogP contribution in [0.2, 0.25) is 0 Å². The Kier molecular flexibility index (Phi) is 7.42. The van der Waals surface area contributed by atoms with E-state index < -0.39 is 48.7 Å². The highest BCUT2D eigenvalue weighted by molar-refractivity contribution is 5.89. The minimum absolute atomic E-state index is 0.0493. The molecule has 0 aliphatic heterocycles. The Morgan fingerprint density at radius 3 is 1.97 bits per heavy atom. The van der Waals surface area contributed by atoms with Crippen LogP contribution in [0.25, 0.3) is 11.1 Å². The highest BCUT2D eigenvalue weighted by Gasteiger charge is 2.41. The van der Waals surface area contributed by atoms with E-state index in [0.717, 1.165) is 22.3 Å². The lowest BCUT2D eigenvalue weighted by atomic mass is 9.86. The number of hydrogen-bond acceptors (Lipinski definition) is 4. The molecule has 1 atom stereocenters. The predicted octanol–water partition coefficient (Wildman–Crippen LogP) is 4.42. The first-order chi connectivity index (χ1) is 16.3. The summed E-state index contributed by atoms with van der Waals surface area (Å²) in [7, 11) is 0. The van der Waals surface area contributed by atoms with E-state index in [1.807, 2.05) is 48.5 Å². The number of ether oxygens (including phenoxy) is 1. The molecular formula is C25H27F3N2O5. The lowest BCUT2D eigenvalue weighted by Gasteiger charge is -2.34. The van der Waals surface area contributed by atoms with Gasteiger partial charge in [0.15, 0.2) is 0 Å². The third-order valence-electron chi connectivity index (χ3n) is 5.73. The average molecular weight is 492 g/mol. The zero-order valence-corrected chi connectivity index (χ0v) is 19.6. The molecule has 0 saturated heterocycles. The van der Waals surface area contributed by atoms with Gasteiger partial charge in [-0.2, -0.15) is 13.2 Å². The van der Waals surface area contributed by atoms with Gasteiger partial charge in [0, 0.05) is 5.92 Å². The fourth-order valence-corrected chi connectivity index (χ4v) is 4.18. The van der Waals surface area contributed by atoms with E-state index in [4.69, 9.17) is 9.84 Å². The Morgan fingerprint density at radius 2 is 1.51 bits per heavy atom. The summed E-state index contributed by atoms with van der Waals surface area (Å²) in [6.07, 6.45) is -5.79. The molecule has 0 heterocycles. The second kappa shape index (κ2) is 9.97. The summed E-state index contributed by atoms with van der Waals surface area (Å²) >= 11 is 0. The van der Waals surface area contributed by atoms with E-state index in [9.17, 15) is 27.6 Å². The van der Waals surface area contributed by atoms with Crippen molar-refractivity contribution in [2.45, 2.75) is 38.9 Å². The quantitative estimate of drug-likeness (QED) is 0.597. The summed E-state index contributed by atoms with van der Waals surface area (Å²) in [5, 5.41) is 11.3. The number of amides is 2. The lowest BCUT2D eigenvalue weighted by Crippen LogP contribution is -2.57. The minimum Gasteiger partial charge on any atom is -0.480 e. The van der Waals surface area contributed by atoms with Gasteiger partial charge in [0.25, 0.3) is 0 Å². The Morgan fingerprint density at radius 1 is 1.00 bits per heavy atom. The summed E-state index contributed by atoms with van der Waals surface area (Å²) in [5.41, 5.74) is 2.98. The predicted molar refractivity (Wildman–Crippen MR) is 122 cm³/mol. The Labute approximate surface area is 200 Å². The van der Waals surface area contributed by atoms with Gasteiger partial charge in [-0.1, -0.05) is 69.3 Å². The molecule has 7 nitrogen and oxygen atoms in total. The van der Waals surface area contributed by atoms with Crippen molar-refractivity contribution >= 4 is 18.0 Å². The number of rotatable bonds is 7. The lowest BCUT2D eigenvalue weighted by molar-refractivity contribution is -0.168. The summed E-state index contributed by atoms with van der Waals surface area (Å²) in [6, 6.07) is 13.9. The maximum Gasteiger partial charge on any atom is 0.407 e. The number of hydrogen-bond donors (Lipinski definition) is 2. The molecular weight excluding hydrogens is 465 g/mol. The molecule has 0 bridgehead atoms. The van der Waals surface area contributed by atoms with Gasteiger partial charge >= 0.3 is 18.2 Å². The van der Waals surface area contributed by atoms with E-state index in [1.54, 1.807) is 20.8 Å². The van der Waals surface area contributed by atoms with Crippen molar-refractivity contribution in [3.8, 4) is 11.1 Å². The van der Waals surface area contributed by atoms with Gasteiger partial charge in [0.2, 0.25) is 5.91 Å². The third kappa shape index (κ3) is 6.32. The fraction of sp³-hybridized carbons (Fsp3) is 0.400. The smallest absolute Gasteiger partial charge is 0.407 e. The number of carboxylic acid groups (broad SMARTS) is 1. The first kappa shape index (κ1) is 26.1. The molecule has 10 heteroatoms. The van der Waals surface area contributed by atoms with E-state index in [2.05, 4.69) is 5.32 Å². The molecule has 188 valence electrons. The molecule has 0 saturated carbocycles. The van der Waals surface area contributed by atoms with Gasteiger partial charge in [-0.05, 0) is 27.7 Å². The number of carbonyl (C=O) groups is 3. The fourth-order valence-electron chi connectivity index (χ4n) is 4.18. The van der Waals surface area contributed by atoms with E-state index in [-0.39, 0.29) is 17.4 Å². The number of fused-ring (bicyclic) bond motifs is 3. The normalized spacial score (nSPS) is 14.0. The number of carboxylic acids is 1. The SMILES string of the molecule is CC(C)(C)[C@@H](NC(=O)OCC1c2ccccc2-c2ccccc21)C(=O)N(CC(=O)O)CC(F)(F)F. The van der Waals surface area contributed by atoms with Crippen LogP contribution >= 0.6 is 0 Å². The van der Waals surface area contributed by atoms with Crippen molar-refractivity contribution in [2.75, 3.05) is 19.7 Å². The van der Waals surface area contributed by atoms with Crippen molar-refractivity contribution in [1.29, 1.82) is 0 Å². The highest BCUT2D eigenvalue weighted by atomic mass is 19.4. The Hall–Kier alpha value is -3.56. The molecule has 2 aromatic carbocycles. The number of nitrogens with one attached hydrogen (secondary N) is 1. The van der Waals surface area contributed by atoms with Crippen molar-refractivity contribution in [1.82, 2.24) is 10.2 Å². The summed E-state index contributed by atoms with van der Waals surface area (Å²) < 4.78 is 44.3. The average Bonchev–Trinajstić information content (AvgIpc) is 3.07. The standard InChI is InChI=1S/C25H27F3N2O5/c1-24(2,3)21(22(33)30(12-20(31)32)14-25(26,27)28)29-23(34)35-13-19-17-10-6-4-8-15(17)16-9-5-7-11-18(16)19/h4-11,19,21H,12-14H2,1-3H3,(H,29,34)(H,31,32)/t21-/m0/s1. The topological polar surface area (TPSA) is 95.9 Å². The van der Waals surface area contributed by atoms with Crippen LogP contribution in [0.3, 0.4) is 0 Å². The molecule has 35 heavy (non-hydrogen) atoms. The number of alkyl carbamates (subject to hydrolysis) is 1. The van der Waals surface area contributed by atoms with Gasteiger partial charge < -0.3 is 20.1 Å². The molecule has 1 aliphatic rings. The highest BCUT2D eigenvalue weighted by Crippen LogP contribution is 2.44. The first-order valence-corrected chi connectivity index (χ1v) is 11.0. The summed E-state index contributed by atoms with van der Waals surface area (Å²) in [6.45, 7) is 1.68. The van der Waals surface area contributed by atoms with Gasteiger partial charge in [-0.15, -0.1) is 0 Å². The van der Waals surface area contributed by atoms with Crippen molar-refractivity contribution in [3.05, 3.63) is 59.7 Å². The maximum atomic E-state index is 13.0. The Balaban J connectivity index is 1.75. The van der Waals surface area contributed by atoms with Crippen LogP contribution in [0.5, 0.6) is 0 Å². The number of benzene rings is 2. The third-order valence-corrected chi connectivity index (χ3v) is 5.73. The molecule has 0 fully saturated rings. The van der Waals surface area contributed by atoms with Gasteiger partial charge in [-0.25, -0.2) is 4.79 Å². The molecule has 2 aromatic rings. The summed E-state index contributed by atoms with van der Waals surface area (Å²) in [4.78, 5) is 36.8. The Bertz CT molecular complexity index is 1070. The van der Waals surface area contributed by atoms with Crippen LogP contribution in [0.4, 0.5) is 18.0 Å². The zero-order chi connectivity index (χ0) is 26.0. The van der Waals surface area contributed by atoms with E-state index in [0.29, 0.717) is 0 Å². The molecule has 0 unspecified atom stereocenters. The van der Waals surface area contributed by atoms with Crippen molar-refractivity contribution < 1.29 is 37.4 Å². The van der Waals surface area contributed by atoms with Gasteiger partial charge in [0.05, 0.1) is 0 Å². The number of aliphatic carboxylic acids is 1. The van der Waals surface area contributed by atoms with Crippen LogP contribution in [0.15, 0.2) is 48.5 Å².